The summed E-state index contributed by atoms with van der Waals surface area (Å²) in [6.45, 7) is 1.68. The number of aryl methyl sites for hydroxylation is 1. The third-order valence-corrected chi connectivity index (χ3v) is 2.18. The summed E-state index contributed by atoms with van der Waals surface area (Å²) in [5.74, 6) is 0.00663. The van der Waals surface area contributed by atoms with Gasteiger partial charge in [-0.25, -0.2) is 8.78 Å². The number of carbonyl (C=O) groups is 1. The lowest BCUT2D eigenvalue weighted by Crippen LogP contribution is -2.01. The van der Waals surface area contributed by atoms with Gasteiger partial charge in [-0.15, -0.1) is 11.6 Å². The van der Waals surface area contributed by atoms with Gasteiger partial charge in [0.15, 0.2) is 5.78 Å². The van der Waals surface area contributed by atoms with Gasteiger partial charge in [0.1, 0.15) is 0 Å². The summed E-state index contributed by atoms with van der Waals surface area (Å²) in [7, 11) is 0. The molecule has 0 unspecified atom stereocenters. The Morgan fingerprint density at radius 1 is 1.40 bits per heavy atom. The Morgan fingerprint density at radius 2 is 2.07 bits per heavy atom. The van der Waals surface area contributed by atoms with Crippen LogP contribution in [-0.4, -0.2) is 11.7 Å². The van der Waals surface area contributed by atoms with Gasteiger partial charge in [0.2, 0.25) is 0 Å². The van der Waals surface area contributed by atoms with Crippen LogP contribution in [0.15, 0.2) is 18.2 Å². The molecule has 0 spiro atoms. The van der Waals surface area contributed by atoms with Crippen molar-refractivity contribution in [3.8, 4) is 0 Å². The van der Waals surface area contributed by atoms with Crippen molar-refractivity contribution < 1.29 is 13.6 Å². The SMILES string of the molecule is Cc1cc(C(=O)CCCl)cc(C(F)F)c1. The van der Waals surface area contributed by atoms with Gasteiger partial charge >= 0.3 is 0 Å². The van der Waals surface area contributed by atoms with Gasteiger partial charge < -0.3 is 0 Å². The molecular weight excluding hydrogens is 222 g/mol. The van der Waals surface area contributed by atoms with Crippen molar-refractivity contribution in [1.29, 1.82) is 0 Å². The van der Waals surface area contributed by atoms with Crippen molar-refractivity contribution in [3.05, 3.63) is 34.9 Å². The van der Waals surface area contributed by atoms with E-state index in [1.807, 2.05) is 0 Å². The largest absolute Gasteiger partial charge is 0.294 e. The predicted molar refractivity (Wildman–Crippen MR) is 55.8 cm³/mol. The summed E-state index contributed by atoms with van der Waals surface area (Å²) in [4.78, 5) is 11.4. The fourth-order valence-corrected chi connectivity index (χ4v) is 1.50. The average Bonchev–Trinajstić information content (AvgIpc) is 2.17. The first kappa shape index (κ1) is 12.1. The number of halogens is 3. The smallest absolute Gasteiger partial charge is 0.263 e. The zero-order chi connectivity index (χ0) is 11.4. The van der Waals surface area contributed by atoms with Crippen molar-refractivity contribution >= 4 is 17.4 Å². The lowest BCUT2D eigenvalue weighted by molar-refractivity contribution is 0.0988. The third-order valence-electron chi connectivity index (χ3n) is 2.00. The van der Waals surface area contributed by atoms with E-state index in [-0.39, 0.29) is 23.6 Å². The van der Waals surface area contributed by atoms with Crippen molar-refractivity contribution in [2.24, 2.45) is 0 Å². The second-order valence-electron chi connectivity index (χ2n) is 3.30. The van der Waals surface area contributed by atoms with Gasteiger partial charge in [-0.2, -0.15) is 0 Å². The second kappa shape index (κ2) is 5.21. The van der Waals surface area contributed by atoms with E-state index in [9.17, 15) is 13.6 Å². The van der Waals surface area contributed by atoms with E-state index in [0.717, 1.165) is 0 Å². The first-order valence-corrected chi connectivity index (χ1v) is 5.07. The minimum absolute atomic E-state index is 0.118. The Morgan fingerprint density at radius 3 is 2.60 bits per heavy atom. The highest BCUT2D eigenvalue weighted by atomic mass is 35.5. The van der Waals surface area contributed by atoms with Crippen LogP contribution in [0.5, 0.6) is 0 Å². The van der Waals surface area contributed by atoms with E-state index in [1.165, 1.54) is 12.1 Å². The van der Waals surface area contributed by atoms with Crippen LogP contribution in [0.2, 0.25) is 0 Å². The molecule has 0 amide bonds. The molecule has 4 heteroatoms. The first-order valence-electron chi connectivity index (χ1n) is 4.53. The Labute approximate surface area is 92.1 Å². The monoisotopic (exact) mass is 232 g/mol. The van der Waals surface area contributed by atoms with E-state index < -0.39 is 6.43 Å². The molecule has 0 aliphatic heterocycles. The molecule has 1 aromatic rings. The summed E-state index contributed by atoms with van der Waals surface area (Å²) < 4.78 is 24.9. The molecule has 0 atom stereocenters. The van der Waals surface area contributed by atoms with Gasteiger partial charge in [-0.05, 0) is 24.6 Å². The highest BCUT2D eigenvalue weighted by Gasteiger charge is 2.12. The van der Waals surface area contributed by atoms with Crippen LogP contribution >= 0.6 is 11.6 Å². The van der Waals surface area contributed by atoms with Crippen molar-refractivity contribution in [2.75, 3.05) is 5.88 Å². The summed E-state index contributed by atoms with van der Waals surface area (Å²) in [5, 5.41) is 0. The number of carbonyl (C=O) groups excluding carboxylic acids is 1. The number of alkyl halides is 3. The van der Waals surface area contributed by atoms with Crippen molar-refractivity contribution in [1.82, 2.24) is 0 Å². The normalized spacial score (nSPS) is 10.7. The molecule has 0 fully saturated rings. The molecule has 0 heterocycles. The minimum Gasteiger partial charge on any atom is -0.294 e. The molecule has 0 aromatic heterocycles. The summed E-state index contributed by atoms with van der Waals surface area (Å²) in [5.41, 5.74) is 0.851. The van der Waals surface area contributed by atoms with Crippen LogP contribution in [0.1, 0.15) is 34.3 Å². The van der Waals surface area contributed by atoms with Gasteiger partial charge in [0.25, 0.3) is 6.43 Å². The molecule has 1 nitrogen and oxygen atoms in total. The molecule has 0 bridgehead atoms. The topological polar surface area (TPSA) is 17.1 Å². The van der Waals surface area contributed by atoms with Crippen LogP contribution in [0.3, 0.4) is 0 Å². The fourth-order valence-electron chi connectivity index (χ4n) is 1.33. The number of rotatable bonds is 4. The number of ketones is 1. The summed E-state index contributed by atoms with van der Waals surface area (Å²) in [6.07, 6.45) is -2.37. The molecule has 0 saturated heterocycles. The zero-order valence-electron chi connectivity index (χ0n) is 8.27. The molecule has 1 rings (SSSR count). The molecule has 15 heavy (non-hydrogen) atoms. The molecular formula is C11H11ClF2O. The van der Waals surface area contributed by atoms with Gasteiger partial charge in [-0.1, -0.05) is 6.07 Å². The molecule has 0 radical (unpaired) electrons. The van der Waals surface area contributed by atoms with Crippen LogP contribution in [0, 0.1) is 6.92 Å². The standard InChI is InChI=1S/C11H11ClF2O/c1-7-4-8(10(15)2-3-12)6-9(5-7)11(13)14/h4-6,11H,2-3H2,1H3. The molecule has 0 aliphatic rings. The van der Waals surface area contributed by atoms with Crippen molar-refractivity contribution in [3.63, 3.8) is 0 Å². The Balaban J connectivity index is 3.03. The Bertz CT molecular complexity index is 364. The quantitative estimate of drug-likeness (QED) is 0.571. The van der Waals surface area contributed by atoms with Gasteiger partial charge in [0, 0.05) is 23.4 Å². The first-order chi connectivity index (χ1) is 7.04. The number of benzene rings is 1. The van der Waals surface area contributed by atoms with E-state index >= 15 is 0 Å². The number of hydrogen-bond donors (Lipinski definition) is 0. The van der Waals surface area contributed by atoms with Crippen LogP contribution in [-0.2, 0) is 0 Å². The maximum atomic E-state index is 12.4. The molecule has 1 aromatic carbocycles. The maximum Gasteiger partial charge on any atom is 0.263 e. The lowest BCUT2D eigenvalue weighted by Gasteiger charge is -2.05. The van der Waals surface area contributed by atoms with E-state index in [0.29, 0.717) is 11.1 Å². The zero-order valence-corrected chi connectivity index (χ0v) is 9.02. The average molecular weight is 233 g/mol. The Hall–Kier alpha value is -0.960. The van der Waals surface area contributed by atoms with E-state index in [1.54, 1.807) is 13.0 Å². The summed E-state index contributed by atoms with van der Waals surface area (Å²) >= 11 is 5.42. The Kier molecular flexibility index (Phi) is 4.21. The van der Waals surface area contributed by atoms with E-state index in [4.69, 9.17) is 11.6 Å². The minimum atomic E-state index is -2.55. The molecule has 0 aliphatic carbocycles. The lowest BCUT2D eigenvalue weighted by atomic mass is 10.0. The number of hydrogen-bond acceptors (Lipinski definition) is 1. The van der Waals surface area contributed by atoms with Crippen LogP contribution in [0.4, 0.5) is 8.78 Å². The maximum absolute atomic E-state index is 12.4. The van der Waals surface area contributed by atoms with Crippen LogP contribution in [0.25, 0.3) is 0 Å². The van der Waals surface area contributed by atoms with Gasteiger partial charge in [0.05, 0.1) is 0 Å². The molecule has 0 saturated carbocycles. The number of Topliss-reactive ketones (excluding diaryl/α,β-unsaturated/α-hetero) is 1. The van der Waals surface area contributed by atoms with Gasteiger partial charge in [-0.3, -0.25) is 4.79 Å². The highest BCUT2D eigenvalue weighted by molar-refractivity contribution is 6.19. The van der Waals surface area contributed by atoms with Crippen molar-refractivity contribution in [2.45, 2.75) is 19.8 Å². The predicted octanol–water partition coefficient (Wildman–Crippen LogP) is 3.74. The third kappa shape index (κ3) is 3.27. The summed E-state index contributed by atoms with van der Waals surface area (Å²) in [6, 6.07) is 4.20. The van der Waals surface area contributed by atoms with E-state index in [2.05, 4.69) is 0 Å². The molecule has 0 N–H and O–H groups in total. The second-order valence-corrected chi connectivity index (χ2v) is 3.67. The molecule has 82 valence electrons. The fraction of sp³-hybridized carbons (Fsp3) is 0.364. The van der Waals surface area contributed by atoms with Crippen LogP contribution < -0.4 is 0 Å². The highest BCUT2D eigenvalue weighted by Crippen LogP contribution is 2.22.